The van der Waals surface area contributed by atoms with Gasteiger partial charge in [0.25, 0.3) is 0 Å². The van der Waals surface area contributed by atoms with E-state index in [1.807, 2.05) is 0 Å². The summed E-state index contributed by atoms with van der Waals surface area (Å²) < 4.78 is 33.3. The van der Waals surface area contributed by atoms with E-state index in [2.05, 4.69) is 0 Å². The van der Waals surface area contributed by atoms with Crippen molar-refractivity contribution in [2.24, 2.45) is 0 Å². The minimum absolute atomic E-state index is 0. The van der Waals surface area contributed by atoms with Gasteiger partial charge in [-0.05, 0) is 0 Å². The van der Waals surface area contributed by atoms with Gasteiger partial charge in [0.1, 0.15) is 0 Å². The summed E-state index contributed by atoms with van der Waals surface area (Å²) in [6, 6.07) is 0. The first-order valence-electron chi connectivity index (χ1n) is 0.683. The van der Waals surface area contributed by atoms with Crippen LogP contribution in [0.4, 0.5) is 0 Å². The molecular formula is HNaO4W. The Morgan fingerprint density at radius 3 is 1.50 bits per heavy atom. The summed E-state index contributed by atoms with van der Waals surface area (Å²) in [5.74, 6) is 0. The van der Waals surface area contributed by atoms with Crippen molar-refractivity contribution in [1.29, 1.82) is 0 Å². The molecule has 6 heteroatoms. The number of hydrogen-bond donors (Lipinski definition) is 1. The zero-order valence-corrected chi connectivity index (χ0v) is 8.01. The third-order valence-corrected chi connectivity index (χ3v) is 0. The molecule has 0 rings (SSSR count). The molecule has 0 aromatic carbocycles. The Bertz CT molecular complexity index is 90.7. The molecule has 0 aromatic heterocycles. The third kappa shape index (κ3) is 63.2. The number of rotatable bonds is 0. The summed E-state index contributed by atoms with van der Waals surface area (Å²) in [7, 11) is 0. The van der Waals surface area contributed by atoms with Crippen LogP contribution in [0.3, 0.4) is 0 Å². The Hall–Kier alpha value is 1.21. The molecule has 32 valence electrons. The van der Waals surface area contributed by atoms with Gasteiger partial charge in [-0.15, -0.1) is 0 Å². The van der Waals surface area contributed by atoms with Crippen LogP contribution >= 0.6 is 0 Å². The van der Waals surface area contributed by atoms with Gasteiger partial charge in [0, 0.05) is 0 Å². The van der Waals surface area contributed by atoms with Gasteiger partial charge in [0.05, 0.1) is 0 Å². The Morgan fingerprint density at radius 2 is 1.50 bits per heavy atom. The second-order valence-corrected chi connectivity index (χ2v) is 3.50. The van der Waals surface area contributed by atoms with Crippen LogP contribution in [0.1, 0.15) is 0 Å². The van der Waals surface area contributed by atoms with Crippen molar-refractivity contribution in [2.75, 3.05) is 0 Å². The molecule has 0 unspecified atom stereocenters. The molecular weight excluding hydrogens is 271 g/mol. The molecule has 0 saturated carbocycles. The van der Waals surface area contributed by atoms with E-state index in [1.165, 1.54) is 0 Å². The van der Waals surface area contributed by atoms with E-state index in [0.717, 1.165) is 0 Å². The Kier molecular flexibility index (Phi) is 5.53. The van der Waals surface area contributed by atoms with Gasteiger partial charge in [0.15, 0.2) is 0 Å². The molecule has 6 heavy (non-hydrogen) atoms. The van der Waals surface area contributed by atoms with Gasteiger partial charge < -0.3 is 0 Å². The molecule has 4 nitrogen and oxygen atoms in total. The van der Waals surface area contributed by atoms with Gasteiger partial charge in [0.2, 0.25) is 0 Å². The van der Waals surface area contributed by atoms with E-state index in [0.29, 0.717) is 0 Å². The second-order valence-electron chi connectivity index (χ2n) is 0.428. The zero-order valence-electron chi connectivity index (χ0n) is 3.08. The summed E-state index contributed by atoms with van der Waals surface area (Å²) in [5.41, 5.74) is 0. The van der Waals surface area contributed by atoms with Crippen LogP contribution in [-0.2, 0) is 23.5 Å². The molecule has 0 aromatic rings. The summed E-state index contributed by atoms with van der Waals surface area (Å²) in [6.07, 6.45) is 0. The van der Waals surface area contributed by atoms with E-state index >= 15 is 0 Å². The molecule has 0 atom stereocenters. The van der Waals surface area contributed by atoms with Crippen LogP contribution in [0.2, 0.25) is 0 Å². The molecule has 0 aliphatic heterocycles. The van der Waals surface area contributed by atoms with Crippen molar-refractivity contribution >= 4 is 0 Å². The van der Waals surface area contributed by atoms with Crippen molar-refractivity contribution in [1.82, 2.24) is 0 Å². The summed E-state index contributed by atoms with van der Waals surface area (Å²) >= 11 is -5.92. The van der Waals surface area contributed by atoms with Crippen molar-refractivity contribution < 1.29 is 60.6 Å². The maximum atomic E-state index is 8.76. The summed E-state index contributed by atoms with van der Waals surface area (Å²) in [6.45, 7) is 0. The molecule has 0 radical (unpaired) electrons. The van der Waals surface area contributed by atoms with Gasteiger partial charge >= 0.3 is 60.6 Å². The Balaban J connectivity index is 0. The van der Waals surface area contributed by atoms with Crippen LogP contribution < -0.4 is 33.3 Å². The quantitative estimate of drug-likeness (QED) is 0.448. The molecule has 0 aliphatic carbocycles. The van der Waals surface area contributed by atoms with Crippen molar-refractivity contribution in [3.05, 3.63) is 0 Å². The number of hydrogen-bond acceptors (Lipinski definition) is 3. The fraction of sp³-hybridized carbons (Fsp3) is 0. The van der Waals surface area contributed by atoms with Crippen molar-refractivity contribution in [3.63, 3.8) is 0 Å². The molecule has 0 saturated heterocycles. The predicted molar refractivity (Wildman–Crippen MR) is 3.59 cm³/mol. The fourth-order valence-corrected chi connectivity index (χ4v) is 0. The molecule has 0 amide bonds. The van der Waals surface area contributed by atoms with E-state index in [1.54, 1.807) is 0 Å². The molecule has 0 fully saturated rings. The SMILES string of the molecule is [Na+].[O]=[W](=[O])([O-])[OH]. The van der Waals surface area contributed by atoms with Crippen LogP contribution in [-0.4, -0.2) is 3.76 Å². The standard InChI is InChI=1S/Na.H2O.3O.W/h;1H2;;;;/q+1;;;;-1;+1/p-1. The predicted octanol–water partition coefficient (Wildman–Crippen LogP) is -4.98. The molecule has 0 bridgehead atoms. The fourth-order valence-electron chi connectivity index (χ4n) is 0. The molecule has 0 heterocycles. The average molecular weight is 272 g/mol. The van der Waals surface area contributed by atoms with Gasteiger partial charge in [-0.25, -0.2) is 0 Å². The Morgan fingerprint density at radius 1 is 1.50 bits per heavy atom. The zero-order chi connectivity index (χ0) is 4.50. The maximum absolute atomic E-state index is 8.76. The topological polar surface area (TPSA) is 77.4 Å². The van der Waals surface area contributed by atoms with Gasteiger partial charge in [-0.3, -0.25) is 0 Å². The Labute approximate surface area is 60.2 Å². The van der Waals surface area contributed by atoms with Crippen LogP contribution in [0.5, 0.6) is 0 Å². The first-order chi connectivity index (χ1) is 2.00. The van der Waals surface area contributed by atoms with E-state index in [9.17, 15) is 0 Å². The third-order valence-electron chi connectivity index (χ3n) is 0. The van der Waals surface area contributed by atoms with Crippen LogP contribution in [0.15, 0.2) is 0 Å². The minimum atomic E-state index is -5.92. The van der Waals surface area contributed by atoms with E-state index in [4.69, 9.17) is 14.3 Å². The molecule has 0 spiro atoms. The van der Waals surface area contributed by atoms with Gasteiger partial charge in [-0.1, -0.05) is 0 Å². The van der Waals surface area contributed by atoms with Crippen LogP contribution in [0, 0.1) is 0 Å². The van der Waals surface area contributed by atoms with Crippen LogP contribution in [0.25, 0.3) is 0 Å². The average Bonchev–Trinajstić information content (AvgIpc) is 0.722. The first kappa shape index (κ1) is 10.2. The monoisotopic (exact) mass is 272 g/mol. The summed E-state index contributed by atoms with van der Waals surface area (Å²) in [5, 5.41) is 0. The molecule has 1 N–H and O–H groups in total. The molecule has 0 aliphatic rings. The normalized spacial score (nSPS) is 9.67. The van der Waals surface area contributed by atoms with Crippen molar-refractivity contribution in [3.8, 4) is 0 Å². The van der Waals surface area contributed by atoms with Crippen molar-refractivity contribution in [2.45, 2.75) is 0 Å². The van der Waals surface area contributed by atoms with E-state index in [-0.39, 0.29) is 29.6 Å². The first-order valence-corrected chi connectivity index (χ1v) is 5.59. The summed E-state index contributed by atoms with van der Waals surface area (Å²) in [4.78, 5) is 0. The second kappa shape index (κ2) is 3.24. The van der Waals surface area contributed by atoms with E-state index < -0.39 is 16.7 Å². The van der Waals surface area contributed by atoms with Gasteiger partial charge in [-0.2, -0.15) is 0 Å².